The molecule has 22 heavy (non-hydrogen) atoms. The van der Waals surface area contributed by atoms with Crippen LogP contribution >= 0.6 is 0 Å². The zero-order valence-electron chi connectivity index (χ0n) is 12.3. The van der Waals surface area contributed by atoms with Gasteiger partial charge in [-0.1, -0.05) is 0 Å². The molecular weight excluding hydrogens is 285 g/mol. The van der Waals surface area contributed by atoms with E-state index in [2.05, 4.69) is 19.9 Å². The quantitative estimate of drug-likeness (QED) is 0.931. The maximum atomic E-state index is 13.8. The zero-order valence-corrected chi connectivity index (χ0v) is 12.3. The molecule has 0 aromatic carbocycles. The van der Waals surface area contributed by atoms with Gasteiger partial charge in [0.1, 0.15) is 17.9 Å². The Balaban J connectivity index is 1.61. The summed E-state index contributed by atoms with van der Waals surface area (Å²) in [7, 11) is 0. The number of nitrogens with zero attached hydrogens (tertiary/aromatic N) is 4. The largest absolute Gasteiger partial charge is 0.461 e. The number of ether oxygens (including phenoxy) is 1. The molecule has 2 saturated heterocycles. The standard InChI is InChI=1S/C15H18FN5O/c16-11-8-18-7-10-12(11)19-14(20-13(10)17)22-9-15-3-1-5-21(15)6-2-4-15/h7-8H,1-6,9H2,(H2,17,19,20). The molecule has 0 aliphatic carbocycles. The SMILES string of the molecule is Nc1nc(OCC23CCCN2CCC3)nc2c(F)cncc12. The number of fused-ring (bicyclic) bond motifs is 2. The number of anilines is 1. The van der Waals surface area contributed by atoms with Crippen molar-refractivity contribution < 1.29 is 9.13 Å². The minimum absolute atomic E-state index is 0.101. The molecule has 0 spiro atoms. The van der Waals surface area contributed by atoms with E-state index in [9.17, 15) is 4.39 Å². The number of hydrogen-bond acceptors (Lipinski definition) is 6. The van der Waals surface area contributed by atoms with Gasteiger partial charge in [0.25, 0.3) is 0 Å². The molecule has 7 heteroatoms. The zero-order chi connectivity index (χ0) is 15.2. The summed E-state index contributed by atoms with van der Waals surface area (Å²) >= 11 is 0. The summed E-state index contributed by atoms with van der Waals surface area (Å²) in [6.07, 6.45) is 7.25. The number of hydrogen-bond donors (Lipinski definition) is 1. The van der Waals surface area contributed by atoms with Crippen molar-refractivity contribution in [2.75, 3.05) is 25.4 Å². The summed E-state index contributed by atoms with van der Waals surface area (Å²) in [5.74, 6) is -0.322. The van der Waals surface area contributed by atoms with E-state index in [4.69, 9.17) is 10.5 Å². The van der Waals surface area contributed by atoms with Crippen molar-refractivity contribution in [3.63, 3.8) is 0 Å². The predicted octanol–water partition coefficient (Wildman–Crippen LogP) is 1.75. The first-order valence-electron chi connectivity index (χ1n) is 7.63. The molecule has 0 unspecified atom stereocenters. The van der Waals surface area contributed by atoms with E-state index in [0.717, 1.165) is 32.1 Å². The van der Waals surface area contributed by atoms with Gasteiger partial charge in [-0.05, 0) is 38.8 Å². The van der Waals surface area contributed by atoms with Gasteiger partial charge in [-0.3, -0.25) is 9.88 Å². The second kappa shape index (κ2) is 5.01. The van der Waals surface area contributed by atoms with Crippen molar-refractivity contribution in [2.24, 2.45) is 0 Å². The highest BCUT2D eigenvalue weighted by atomic mass is 19.1. The van der Waals surface area contributed by atoms with E-state index in [0.29, 0.717) is 12.0 Å². The van der Waals surface area contributed by atoms with Crippen LogP contribution in [0.4, 0.5) is 10.2 Å². The number of rotatable bonds is 3. The molecule has 2 aliphatic heterocycles. The Bertz CT molecular complexity index is 712. The molecule has 0 bridgehead atoms. The van der Waals surface area contributed by atoms with Crippen molar-refractivity contribution in [3.05, 3.63) is 18.2 Å². The number of nitrogens with two attached hydrogens (primary N) is 1. The van der Waals surface area contributed by atoms with E-state index < -0.39 is 5.82 Å². The molecule has 4 heterocycles. The molecule has 2 aromatic heterocycles. The van der Waals surface area contributed by atoms with Crippen LogP contribution in [-0.4, -0.2) is 45.1 Å². The van der Waals surface area contributed by atoms with E-state index in [-0.39, 0.29) is 22.9 Å². The highest BCUT2D eigenvalue weighted by molar-refractivity contribution is 5.87. The highest BCUT2D eigenvalue weighted by Gasteiger charge is 2.45. The summed E-state index contributed by atoms with van der Waals surface area (Å²) in [6.45, 7) is 2.79. The van der Waals surface area contributed by atoms with E-state index in [1.807, 2.05) is 0 Å². The van der Waals surface area contributed by atoms with Crippen molar-refractivity contribution in [2.45, 2.75) is 31.2 Å². The van der Waals surface area contributed by atoms with Gasteiger partial charge in [0, 0.05) is 6.20 Å². The predicted molar refractivity (Wildman–Crippen MR) is 80.0 cm³/mol. The smallest absolute Gasteiger partial charge is 0.319 e. The summed E-state index contributed by atoms with van der Waals surface area (Å²) in [4.78, 5) is 14.6. The van der Waals surface area contributed by atoms with Gasteiger partial charge in [0.05, 0.1) is 17.1 Å². The van der Waals surface area contributed by atoms with Gasteiger partial charge < -0.3 is 10.5 Å². The van der Waals surface area contributed by atoms with Crippen LogP contribution in [0.15, 0.2) is 12.4 Å². The minimum atomic E-state index is -0.516. The fourth-order valence-corrected chi connectivity index (χ4v) is 3.74. The first kappa shape index (κ1) is 13.6. The van der Waals surface area contributed by atoms with Crippen molar-refractivity contribution in [1.29, 1.82) is 0 Å². The third-order valence-electron chi connectivity index (χ3n) is 4.85. The van der Waals surface area contributed by atoms with Crippen LogP contribution in [0.25, 0.3) is 10.9 Å². The lowest BCUT2D eigenvalue weighted by atomic mass is 9.95. The first-order chi connectivity index (χ1) is 10.7. The lowest BCUT2D eigenvalue weighted by Crippen LogP contribution is -2.43. The second-order valence-electron chi connectivity index (χ2n) is 6.12. The third kappa shape index (κ3) is 2.08. The van der Waals surface area contributed by atoms with Crippen LogP contribution in [0.2, 0.25) is 0 Å². The molecule has 4 rings (SSSR count). The number of nitrogen functional groups attached to an aromatic ring is 1. The fourth-order valence-electron chi connectivity index (χ4n) is 3.74. The van der Waals surface area contributed by atoms with Crippen molar-refractivity contribution >= 4 is 16.7 Å². The topological polar surface area (TPSA) is 77.2 Å². The Morgan fingerprint density at radius 3 is 2.77 bits per heavy atom. The molecule has 2 aliphatic rings. The maximum absolute atomic E-state index is 13.8. The van der Waals surface area contributed by atoms with Gasteiger partial charge in [0.2, 0.25) is 0 Å². The molecule has 2 N–H and O–H groups in total. The van der Waals surface area contributed by atoms with Crippen LogP contribution in [0.5, 0.6) is 6.01 Å². The first-order valence-corrected chi connectivity index (χ1v) is 7.63. The monoisotopic (exact) mass is 303 g/mol. The molecule has 0 atom stereocenters. The third-order valence-corrected chi connectivity index (χ3v) is 4.85. The normalized spacial score (nSPS) is 20.4. The summed E-state index contributed by atoms with van der Waals surface area (Å²) < 4.78 is 19.6. The highest BCUT2D eigenvalue weighted by Crippen LogP contribution is 2.39. The van der Waals surface area contributed by atoms with Gasteiger partial charge >= 0.3 is 6.01 Å². The number of halogens is 1. The molecule has 0 saturated carbocycles. The van der Waals surface area contributed by atoms with Gasteiger partial charge in [-0.25, -0.2) is 4.39 Å². The molecule has 6 nitrogen and oxygen atoms in total. The van der Waals surface area contributed by atoms with E-state index in [1.165, 1.54) is 19.0 Å². The molecular formula is C15H18FN5O. The van der Waals surface area contributed by atoms with Crippen LogP contribution in [0, 0.1) is 5.82 Å². The van der Waals surface area contributed by atoms with Crippen LogP contribution in [0.3, 0.4) is 0 Å². The maximum Gasteiger partial charge on any atom is 0.319 e. The Hall–Kier alpha value is -2.02. The van der Waals surface area contributed by atoms with Crippen LogP contribution in [-0.2, 0) is 0 Å². The summed E-state index contributed by atoms with van der Waals surface area (Å²) in [6, 6.07) is 0.142. The minimum Gasteiger partial charge on any atom is -0.461 e. The van der Waals surface area contributed by atoms with Crippen molar-refractivity contribution in [1.82, 2.24) is 19.9 Å². The average Bonchev–Trinajstić information content (AvgIpc) is 3.06. The van der Waals surface area contributed by atoms with Crippen LogP contribution in [0.1, 0.15) is 25.7 Å². The van der Waals surface area contributed by atoms with E-state index in [1.54, 1.807) is 0 Å². The van der Waals surface area contributed by atoms with E-state index >= 15 is 0 Å². The molecule has 2 aromatic rings. The lowest BCUT2D eigenvalue weighted by molar-refractivity contribution is 0.108. The van der Waals surface area contributed by atoms with Gasteiger partial charge in [0.15, 0.2) is 5.82 Å². The Kier molecular flexibility index (Phi) is 3.11. The Morgan fingerprint density at radius 1 is 1.23 bits per heavy atom. The van der Waals surface area contributed by atoms with Crippen molar-refractivity contribution in [3.8, 4) is 6.01 Å². The average molecular weight is 303 g/mol. The molecule has 116 valence electrons. The second-order valence-corrected chi connectivity index (χ2v) is 6.12. The fraction of sp³-hybridized carbons (Fsp3) is 0.533. The Labute approximate surface area is 127 Å². The van der Waals surface area contributed by atoms with Crippen LogP contribution < -0.4 is 10.5 Å². The van der Waals surface area contributed by atoms with Gasteiger partial charge in [-0.2, -0.15) is 9.97 Å². The Morgan fingerprint density at radius 2 is 2.00 bits per heavy atom. The summed E-state index contributed by atoms with van der Waals surface area (Å²) in [5, 5.41) is 0.411. The molecule has 0 radical (unpaired) electrons. The summed E-state index contributed by atoms with van der Waals surface area (Å²) in [5.41, 5.74) is 6.12. The number of aromatic nitrogens is 3. The van der Waals surface area contributed by atoms with Gasteiger partial charge in [-0.15, -0.1) is 0 Å². The molecule has 2 fully saturated rings. The number of pyridine rings is 1. The lowest BCUT2D eigenvalue weighted by Gasteiger charge is -2.31. The molecule has 0 amide bonds.